The van der Waals surface area contributed by atoms with Crippen LogP contribution in [-0.4, -0.2) is 25.9 Å². The SMILES string of the molecule is C=C=C=C(N1C(=CC(=Cc2oc3cc4ccoc4cc3[n+]2CS(=O)(=O)[O-])CC)Oc2cc3ccoc3cc21)S(=O)(=O)[O-].[Na+]. The molecule has 4 heterocycles. The summed E-state index contributed by atoms with van der Waals surface area (Å²) in [6.45, 7) is 5.12. The third-order valence-corrected chi connectivity index (χ3v) is 7.80. The Balaban J connectivity index is 0.00000368. The van der Waals surface area contributed by atoms with Crippen molar-refractivity contribution >= 4 is 65.0 Å². The molecule has 0 aliphatic carbocycles. The molecule has 214 valence electrons. The van der Waals surface area contributed by atoms with Crippen LogP contribution in [0.5, 0.6) is 5.75 Å². The number of anilines is 1. The molecule has 0 bridgehead atoms. The largest absolute Gasteiger partial charge is 1.00 e. The van der Waals surface area contributed by atoms with Crippen LogP contribution in [0.2, 0.25) is 0 Å². The minimum absolute atomic E-state index is 0. The average Bonchev–Trinajstić information content (AvgIpc) is 3.69. The summed E-state index contributed by atoms with van der Waals surface area (Å²) in [4.78, 5) is 1.05. The standard InChI is InChI=1S/C28H20N2O10S2.Na/c1-3-5-28(42(34,35)36)30-21-15-23-19(7-9-38-23)13-25(21)40-27(30)11-17(4-2)10-26-29(16-41(31,32)33)20-14-22-18(6-8-37-22)12-24(20)39-26;/h6-15H,1,4,16H2,2H3,(H-,31,32,33,34,35,36);/q;+1/p-1. The van der Waals surface area contributed by atoms with Crippen molar-refractivity contribution in [1.82, 2.24) is 0 Å². The number of hydrogen-bond donors (Lipinski definition) is 0. The van der Waals surface area contributed by atoms with Gasteiger partial charge in [0.05, 0.1) is 30.4 Å². The predicted octanol–water partition coefficient (Wildman–Crippen LogP) is 1.58. The first-order valence-corrected chi connectivity index (χ1v) is 15.2. The maximum Gasteiger partial charge on any atom is 1.00 e. The van der Waals surface area contributed by atoms with Crippen molar-refractivity contribution in [2.45, 2.75) is 19.2 Å². The molecule has 1 aliphatic rings. The fraction of sp³-hybridized carbons (Fsp3) is 0.107. The van der Waals surface area contributed by atoms with Crippen LogP contribution in [0.1, 0.15) is 19.2 Å². The molecule has 0 unspecified atom stereocenters. The molecule has 2 aromatic carbocycles. The Morgan fingerprint density at radius 1 is 1.02 bits per heavy atom. The maximum absolute atomic E-state index is 12.3. The van der Waals surface area contributed by atoms with Crippen molar-refractivity contribution in [3.05, 3.63) is 95.4 Å². The second-order valence-electron chi connectivity index (χ2n) is 9.17. The Morgan fingerprint density at radius 3 is 2.33 bits per heavy atom. The third-order valence-electron chi connectivity index (χ3n) is 6.46. The number of oxazole rings is 1. The van der Waals surface area contributed by atoms with Crippen LogP contribution in [0.4, 0.5) is 5.69 Å². The molecule has 15 heteroatoms. The van der Waals surface area contributed by atoms with Crippen LogP contribution in [0.15, 0.2) is 103 Å². The van der Waals surface area contributed by atoms with Gasteiger partial charge in [0, 0.05) is 22.9 Å². The van der Waals surface area contributed by atoms with E-state index in [4.69, 9.17) is 18.0 Å². The second kappa shape index (κ2) is 11.4. The van der Waals surface area contributed by atoms with E-state index in [1.807, 2.05) is 0 Å². The van der Waals surface area contributed by atoms with Crippen molar-refractivity contribution in [2.75, 3.05) is 4.90 Å². The molecule has 0 N–H and O–H groups in total. The quantitative estimate of drug-likeness (QED) is 0.111. The van der Waals surface area contributed by atoms with Crippen LogP contribution in [0, 0.1) is 0 Å². The molecule has 0 spiro atoms. The van der Waals surface area contributed by atoms with E-state index < -0.39 is 31.1 Å². The number of hydrogen-bond acceptors (Lipinski definition) is 11. The minimum Gasteiger partial charge on any atom is -0.743 e. The molecule has 3 aromatic heterocycles. The summed E-state index contributed by atoms with van der Waals surface area (Å²) in [5.74, 6) is -0.760. The summed E-state index contributed by atoms with van der Waals surface area (Å²) >= 11 is 0. The van der Waals surface area contributed by atoms with E-state index in [1.54, 1.807) is 37.3 Å². The van der Waals surface area contributed by atoms with Gasteiger partial charge in [-0.05, 0) is 48.6 Å². The van der Waals surface area contributed by atoms with Gasteiger partial charge in [-0.3, -0.25) is 4.90 Å². The number of benzene rings is 2. The molecule has 0 radical (unpaired) electrons. The molecule has 1 aliphatic heterocycles. The smallest absolute Gasteiger partial charge is 0.743 e. The van der Waals surface area contributed by atoms with E-state index in [0.29, 0.717) is 45.0 Å². The van der Waals surface area contributed by atoms with Crippen LogP contribution in [0.25, 0.3) is 39.1 Å². The number of aromatic nitrogens is 1. The van der Waals surface area contributed by atoms with E-state index in [-0.39, 0.29) is 52.8 Å². The van der Waals surface area contributed by atoms with Gasteiger partial charge < -0.3 is 27.1 Å². The third kappa shape index (κ3) is 5.89. The molecule has 0 atom stereocenters. The molecular formula is C28H19N2NaO10S2. The molecule has 12 nitrogen and oxygen atoms in total. The fourth-order valence-corrected chi connectivity index (χ4v) is 5.83. The zero-order chi connectivity index (χ0) is 29.8. The molecule has 43 heavy (non-hydrogen) atoms. The number of ether oxygens (including phenoxy) is 1. The molecule has 0 fully saturated rings. The normalized spacial score (nSPS) is 14.5. The zero-order valence-electron chi connectivity index (χ0n) is 22.7. The number of fused-ring (bicyclic) bond motifs is 4. The van der Waals surface area contributed by atoms with Crippen molar-refractivity contribution in [3.63, 3.8) is 0 Å². The first-order valence-electron chi connectivity index (χ1n) is 12.2. The topological polar surface area (TPSA) is 170 Å². The molecule has 0 saturated heterocycles. The summed E-state index contributed by atoms with van der Waals surface area (Å²) in [5.41, 5.74) is 6.59. The summed E-state index contributed by atoms with van der Waals surface area (Å²) in [6, 6.07) is 9.73. The Morgan fingerprint density at radius 2 is 1.70 bits per heavy atom. The van der Waals surface area contributed by atoms with Gasteiger partial charge in [-0.1, -0.05) is 12.7 Å². The van der Waals surface area contributed by atoms with Crippen LogP contribution < -0.4 is 43.8 Å². The molecule has 5 aromatic rings. The van der Waals surface area contributed by atoms with Crippen molar-refractivity contribution < 1.29 is 78.1 Å². The van der Waals surface area contributed by atoms with Gasteiger partial charge in [0.1, 0.15) is 21.3 Å². The van der Waals surface area contributed by atoms with Crippen LogP contribution >= 0.6 is 0 Å². The van der Waals surface area contributed by atoms with E-state index in [0.717, 1.165) is 4.90 Å². The predicted molar refractivity (Wildman–Crippen MR) is 147 cm³/mol. The zero-order valence-corrected chi connectivity index (χ0v) is 26.3. The van der Waals surface area contributed by atoms with E-state index in [9.17, 15) is 25.9 Å². The summed E-state index contributed by atoms with van der Waals surface area (Å²) in [6.07, 6.45) is 6.16. The number of nitrogens with zero attached hydrogens (tertiary/aromatic N) is 2. The minimum atomic E-state index is -5.11. The van der Waals surface area contributed by atoms with Gasteiger partial charge in [-0.15, -0.1) is 4.57 Å². The summed E-state index contributed by atoms with van der Waals surface area (Å²) in [7, 11) is -9.86. The van der Waals surface area contributed by atoms with Gasteiger partial charge in [0.2, 0.25) is 17.3 Å². The Hall–Kier alpha value is -3.81. The van der Waals surface area contributed by atoms with Gasteiger partial charge in [0.25, 0.3) is 5.52 Å². The van der Waals surface area contributed by atoms with E-state index >= 15 is 0 Å². The van der Waals surface area contributed by atoms with Crippen LogP contribution in [-0.2, 0) is 26.1 Å². The second-order valence-corrected chi connectivity index (χ2v) is 11.8. The molecule has 0 saturated carbocycles. The molecular weight excluding hydrogens is 611 g/mol. The van der Waals surface area contributed by atoms with Gasteiger partial charge in [0.15, 0.2) is 20.9 Å². The summed E-state index contributed by atoms with van der Waals surface area (Å²) in [5, 5.41) is 0.556. The average molecular weight is 631 g/mol. The van der Waals surface area contributed by atoms with Gasteiger partial charge in [-0.2, -0.15) is 0 Å². The van der Waals surface area contributed by atoms with Gasteiger partial charge in [-0.25, -0.2) is 16.8 Å². The monoisotopic (exact) mass is 630 g/mol. The van der Waals surface area contributed by atoms with Gasteiger partial charge >= 0.3 is 35.4 Å². The Kier molecular flexibility index (Phi) is 8.09. The Bertz CT molecular complexity index is 2300. The number of rotatable bonds is 7. The van der Waals surface area contributed by atoms with E-state index in [1.165, 1.54) is 35.3 Å². The van der Waals surface area contributed by atoms with Crippen molar-refractivity contribution in [3.8, 4) is 5.75 Å². The molecule has 0 amide bonds. The first kappa shape index (κ1) is 30.6. The van der Waals surface area contributed by atoms with Crippen LogP contribution in [0.3, 0.4) is 0 Å². The summed E-state index contributed by atoms with van der Waals surface area (Å²) < 4.78 is 96.3. The van der Waals surface area contributed by atoms with Crippen molar-refractivity contribution in [2.24, 2.45) is 0 Å². The number of furan rings is 2. The van der Waals surface area contributed by atoms with E-state index in [2.05, 4.69) is 18.0 Å². The van der Waals surface area contributed by atoms with Crippen molar-refractivity contribution in [1.29, 1.82) is 0 Å². The Labute approximate surface area is 266 Å². The number of allylic oxidation sites excluding steroid dienone is 2. The first-order chi connectivity index (χ1) is 19.9. The maximum atomic E-state index is 12.3. The molecule has 6 rings (SSSR count). The fourth-order valence-electron chi connectivity index (χ4n) is 4.64.